The van der Waals surface area contributed by atoms with Gasteiger partial charge in [-0.2, -0.15) is 13.2 Å². The monoisotopic (exact) mass is 332 g/mol. The van der Waals surface area contributed by atoms with Gasteiger partial charge in [-0.05, 0) is 13.0 Å². The second-order valence-electron chi connectivity index (χ2n) is 3.99. The van der Waals surface area contributed by atoms with Crippen molar-refractivity contribution in [3.05, 3.63) is 44.0 Å². The average molecular weight is 332 g/mol. The maximum atomic E-state index is 12.8. The lowest BCUT2D eigenvalue weighted by Crippen LogP contribution is -2.18. The van der Waals surface area contributed by atoms with E-state index < -0.39 is 39.1 Å². The largest absolute Gasteiger partial charge is 0.435 e. The van der Waals surface area contributed by atoms with Crippen LogP contribution in [0.5, 0.6) is 0 Å². The predicted molar refractivity (Wildman–Crippen MR) is 70.7 cm³/mol. The standard InChI is InChI=1S/C11H7F3N4O3S/c1-5-16-8(11(12,13)14)7(22-5)10(19)17-9-6(18(20)21)3-2-4-15-9/h2-4H,1H3,(H,15,17,19). The quantitative estimate of drug-likeness (QED) is 0.688. The summed E-state index contributed by atoms with van der Waals surface area (Å²) in [7, 11) is 0. The van der Waals surface area contributed by atoms with Gasteiger partial charge in [-0.3, -0.25) is 14.9 Å². The fraction of sp³-hybridized carbons (Fsp3) is 0.182. The van der Waals surface area contributed by atoms with Crippen molar-refractivity contribution in [1.29, 1.82) is 0 Å². The van der Waals surface area contributed by atoms with Crippen molar-refractivity contribution < 1.29 is 22.9 Å². The SMILES string of the molecule is Cc1nc(C(F)(F)F)c(C(=O)Nc2ncccc2[N+](=O)[O-])s1. The number of aromatic nitrogens is 2. The van der Waals surface area contributed by atoms with Gasteiger partial charge in [0.1, 0.15) is 4.88 Å². The maximum absolute atomic E-state index is 12.8. The Morgan fingerprint density at radius 1 is 1.45 bits per heavy atom. The van der Waals surface area contributed by atoms with E-state index in [0.717, 1.165) is 6.07 Å². The molecule has 0 saturated carbocycles. The number of carbonyl (C=O) groups excluding carboxylic acids is 1. The van der Waals surface area contributed by atoms with Gasteiger partial charge in [0, 0.05) is 12.3 Å². The molecule has 0 aromatic carbocycles. The Kier molecular flexibility index (Phi) is 4.08. The molecule has 0 aliphatic heterocycles. The van der Waals surface area contributed by atoms with E-state index in [1.807, 2.05) is 5.32 Å². The molecule has 2 heterocycles. The number of rotatable bonds is 3. The third-order valence-electron chi connectivity index (χ3n) is 2.42. The van der Waals surface area contributed by atoms with E-state index in [1.165, 1.54) is 19.2 Å². The van der Waals surface area contributed by atoms with Crippen molar-refractivity contribution >= 4 is 28.7 Å². The molecule has 0 aliphatic rings. The third-order valence-corrected chi connectivity index (χ3v) is 3.39. The Balaban J connectivity index is 2.37. The van der Waals surface area contributed by atoms with Crippen LogP contribution >= 0.6 is 11.3 Å². The zero-order valence-electron chi connectivity index (χ0n) is 10.8. The van der Waals surface area contributed by atoms with E-state index >= 15 is 0 Å². The van der Waals surface area contributed by atoms with Crippen molar-refractivity contribution in [3.63, 3.8) is 0 Å². The van der Waals surface area contributed by atoms with Gasteiger partial charge in [-0.1, -0.05) is 0 Å². The van der Waals surface area contributed by atoms with Gasteiger partial charge in [-0.15, -0.1) is 11.3 Å². The summed E-state index contributed by atoms with van der Waals surface area (Å²) in [5.41, 5.74) is -1.85. The van der Waals surface area contributed by atoms with Crippen LogP contribution in [0.2, 0.25) is 0 Å². The van der Waals surface area contributed by atoms with Gasteiger partial charge in [0.2, 0.25) is 5.82 Å². The predicted octanol–water partition coefficient (Wildman–Crippen LogP) is 3.03. The molecule has 22 heavy (non-hydrogen) atoms. The fourth-order valence-corrected chi connectivity index (χ4v) is 2.41. The first kappa shape index (κ1) is 15.8. The number of nitro groups is 1. The molecule has 116 valence electrons. The molecule has 1 amide bonds. The van der Waals surface area contributed by atoms with Crippen LogP contribution < -0.4 is 5.32 Å². The van der Waals surface area contributed by atoms with Crippen molar-refractivity contribution in [3.8, 4) is 0 Å². The number of nitrogens with zero attached hydrogens (tertiary/aromatic N) is 3. The molecule has 2 rings (SSSR count). The minimum Gasteiger partial charge on any atom is -0.300 e. The topological polar surface area (TPSA) is 98.0 Å². The number of hydrogen-bond acceptors (Lipinski definition) is 6. The summed E-state index contributed by atoms with van der Waals surface area (Å²) in [5, 5.41) is 12.9. The van der Waals surface area contributed by atoms with Crippen LogP contribution in [0.1, 0.15) is 20.4 Å². The van der Waals surface area contributed by atoms with Crippen molar-refractivity contribution in [2.24, 2.45) is 0 Å². The van der Waals surface area contributed by atoms with Crippen LogP contribution in [0, 0.1) is 17.0 Å². The first-order chi connectivity index (χ1) is 10.2. The summed E-state index contributed by atoms with van der Waals surface area (Å²) in [6.07, 6.45) is -3.63. The minimum atomic E-state index is -4.80. The number of amides is 1. The molecular formula is C11H7F3N4O3S. The summed E-state index contributed by atoms with van der Waals surface area (Å²) in [6.45, 7) is 1.32. The number of hydrogen-bond donors (Lipinski definition) is 1. The first-order valence-corrected chi connectivity index (χ1v) is 6.47. The normalized spacial score (nSPS) is 11.3. The lowest BCUT2D eigenvalue weighted by atomic mass is 10.3. The highest BCUT2D eigenvalue weighted by atomic mass is 32.1. The zero-order chi connectivity index (χ0) is 16.5. The Morgan fingerprint density at radius 2 is 2.14 bits per heavy atom. The second-order valence-corrected chi connectivity index (χ2v) is 5.19. The van der Waals surface area contributed by atoms with E-state index in [9.17, 15) is 28.1 Å². The number of alkyl halides is 3. The maximum Gasteiger partial charge on any atom is 0.435 e. The van der Waals surface area contributed by atoms with Crippen LogP contribution in [-0.2, 0) is 6.18 Å². The average Bonchev–Trinajstić information content (AvgIpc) is 2.81. The molecule has 0 unspecified atom stereocenters. The molecule has 11 heteroatoms. The van der Waals surface area contributed by atoms with Gasteiger partial charge in [-0.25, -0.2) is 9.97 Å². The Morgan fingerprint density at radius 3 is 2.73 bits per heavy atom. The highest BCUT2D eigenvalue weighted by molar-refractivity contribution is 7.13. The lowest BCUT2D eigenvalue weighted by Gasteiger charge is -2.07. The van der Waals surface area contributed by atoms with Crippen LogP contribution in [0.4, 0.5) is 24.7 Å². The molecular weight excluding hydrogens is 325 g/mol. The van der Waals surface area contributed by atoms with Crippen molar-refractivity contribution in [2.45, 2.75) is 13.1 Å². The van der Waals surface area contributed by atoms with Crippen LogP contribution in [0.15, 0.2) is 18.3 Å². The number of aryl methyl sites for hydroxylation is 1. The molecule has 2 aromatic rings. The Labute approximate surface area is 125 Å². The zero-order valence-corrected chi connectivity index (χ0v) is 11.7. The number of carbonyl (C=O) groups is 1. The van der Waals surface area contributed by atoms with Crippen LogP contribution in [0.3, 0.4) is 0 Å². The molecule has 0 saturated heterocycles. The van der Waals surface area contributed by atoms with Gasteiger partial charge in [0.25, 0.3) is 5.91 Å². The summed E-state index contributed by atoms with van der Waals surface area (Å²) in [6, 6.07) is 2.34. The summed E-state index contributed by atoms with van der Waals surface area (Å²) >= 11 is 0.542. The Bertz CT molecular complexity index is 744. The third kappa shape index (κ3) is 3.19. The second kappa shape index (κ2) is 5.67. The summed E-state index contributed by atoms with van der Waals surface area (Å²) < 4.78 is 38.4. The molecule has 1 N–H and O–H groups in total. The number of pyridine rings is 1. The fourth-order valence-electron chi connectivity index (χ4n) is 1.58. The molecule has 7 nitrogen and oxygen atoms in total. The number of thiazole rings is 1. The Hall–Kier alpha value is -2.56. The van der Waals surface area contributed by atoms with E-state index in [4.69, 9.17) is 0 Å². The van der Waals surface area contributed by atoms with Crippen molar-refractivity contribution in [1.82, 2.24) is 9.97 Å². The highest BCUT2D eigenvalue weighted by Gasteiger charge is 2.39. The minimum absolute atomic E-state index is 0.0491. The van der Waals surface area contributed by atoms with E-state index in [2.05, 4.69) is 9.97 Å². The number of halogens is 3. The summed E-state index contributed by atoms with van der Waals surface area (Å²) in [4.78, 5) is 28.2. The molecule has 0 radical (unpaired) electrons. The molecule has 0 spiro atoms. The van der Waals surface area contributed by atoms with E-state index in [0.29, 0.717) is 11.3 Å². The first-order valence-electron chi connectivity index (χ1n) is 5.65. The smallest absolute Gasteiger partial charge is 0.300 e. The number of nitrogens with one attached hydrogen (secondary N) is 1. The lowest BCUT2D eigenvalue weighted by molar-refractivity contribution is -0.384. The van der Waals surface area contributed by atoms with Crippen LogP contribution in [-0.4, -0.2) is 20.8 Å². The van der Waals surface area contributed by atoms with Gasteiger partial charge >= 0.3 is 11.9 Å². The molecule has 2 aromatic heterocycles. The summed E-state index contributed by atoms with van der Waals surface area (Å²) in [5.74, 6) is -1.59. The number of anilines is 1. The highest BCUT2D eigenvalue weighted by Crippen LogP contribution is 2.34. The van der Waals surface area contributed by atoms with Crippen LogP contribution in [0.25, 0.3) is 0 Å². The van der Waals surface area contributed by atoms with Gasteiger partial charge in [0.15, 0.2) is 5.69 Å². The molecule has 0 fully saturated rings. The van der Waals surface area contributed by atoms with Gasteiger partial charge in [0.05, 0.1) is 9.93 Å². The van der Waals surface area contributed by atoms with Crippen molar-refractivity contribution in [2.75, 3.05) is 5.32 Å². The van der Waals surface area contributed by atoms with Gasteiger partial charge < -0.3 is 5.32 Å². The van der Waals surface area contributed by atoms with E-state index in [1.54, 1.807) is 0 Å². The van der Waals surface area contributed by atoms with E-state index in [-0.39, 0.29) is 5.01 Å². The molecule has 0 aliphatic carbocycles. The molecule has 0 atom stereocenters. The molecule has 0 bridgehead atoms.